The van der Waals surface area contributed by atoms with Crippen LogP contribution in [0.2, 0.25) is 5.02 Å². The maximum absolute atomic E-state index is 12.5. The van der Waals surface area contributed by atoms with Gasteiger partial charge in [0, 0.05) is 6.04 Å². The second-order valence-corrected chi connectivity index (χ2v) is 7.51. The normalized spacial score (nSPS) is 17.7. The molecule has 0 bridgehead atoms. The van der Waals surface area contributed by atoms with E-state index in [1.807, 2.05) is 6.07 Å². The van der Waals surface area contributed by atoms with Gasteiger partial charge in [-0.1, -0.05) is 43.7 Å². The number of nitrogens with one attached hydrogen (secondary N) is 1. The number of sulfonamides is 1. The lowest BCUT2D eigenvalue weighted by atomic mass is 9.97. The molecule has 114 valence electrons. The number of hydrogen-bond donors (Lipinski definition) is 1. The van der Waals surface area contributed by atoms with Gasteiger partial charge in [0.2, 0.25) is 10.0 Å². The maximum Gasteiger partial charge on any atom is 0.242 e. The van der Waals surface area contributed by atoms with Crippen molar-refractivity contribution in [3.63, 3.8) is 0 Å². The lowest BCUT2D eigenvalue weighted by Crippen LogP contribution is -2.35. The fraction of sp³-hybridized carbons (Fsp3) is 0.533. The SMILES string of the molecule is N#Cc1ccc(Cl)c(S(=O)(=O)NC2CCCCCCC2)c1. The highest BCUT2D eigenvalue weighted by Gasteiger charge is 2.23. The van der Waals surface area contributed by atoms with Crippen molar-refractivity contribution in [3.8, 4) is 6.07 Å². The summed E-state index contributed by atoms with van der Waals surface area (Å²) in [5, 5.41) is 9.05. The molecule has 0 spiro atoms. The van der Waals surface area contributed by atoms with Gasteiger partial charge in [0.15, 0.2) is 0 Å². The molecule has 1 aromatic carbocycles. The molecule has 1 N–H and O–H groups in total. The predicted octanol–water partition coefficient (Wildman–Crippen LogP) is 3.60. The van der Waals surface area contributed by atoms with Gasteiger partial charge in [0.1, 0.15) is 4.90 Å². The van der Waals surface area contributed by atoms with Crippen LogP contribution in [0.5, 0.6) is 0 Å². The van der Waals surface area contributed by atoms with Gasteiger partial charge in [0.25, 0.3) is 0 Å². The molecule has 0 amide bonds. The average Bonchev–Trinajstić information content (AvgIpc) is 2.42. The molecule has 0 aromatic heterocycles. The van der Waals surface area contributed by atoms with Crippen LogP contribution >= 0.6 is 11.6 Å². The van der Waals surface area contributed by atoms with E-state index in [1.165, 1.54) is 24.6 Å². The zero-order chi connectivity index (χ0) is 15.3. The summed E-state index contributed by atoms with van der Waals surface area (Å²) in [4.78, 5) is -0.00900. The van der Waals surface area contributed by atoms with E-state index in [4.69, 9.17) is 16.9 Å². The zero-order valence-electron chi connectivity index (χ0n) is 11.8. The van der Waals surface area contributed by atoms with Crippen LogP contribution in [0.1, 0.15) is 50.5 Å². The summed E-state index contributed by atoms with van der Waals surface area (Å²) in [6.45, 7) is 0. The molecule has 1 aliphatic rings. The summed E-state index contributed by atoms with van der Waals surface area (Å²) < 4.78 is 27.7. The summed E-state index contributed by atoms with van der Waals surface area (Å²) in [5.41, 5.74) is 0.289. The summed E-state index contributed by atoms with van der Waals surface area (Å²) in [6.07, 6.45) is 7.34. The second kappa shape index (κ2) is 7.26. The molecular weight excluding hydrogens is 308 g/mol. The first-order valence-corrected chi connectivity index (χ1v) is 9.11. The highest BCUT2D eigenvalue weighted by molar-refractivity contribution is 7.89. The maximum atomic E-state index is 12.5. The van der Waals surface area contributed by atoms with Gasteiger partial charge in [-0.2, -0.15) is 5.26 Å². The van der Waals surface area contributed by atoms with Crippen molar-refractivity contribution in [2.75, 3.05) is 0 Å². The Kier molecular flexibility index (Phi) is 5.63. The fourth-order valence-corrected chi connectivity index (χ4v) is 4.47. The largest absolute Gasteiger partial charge is 0.242 e. The van der Waals surface area contributed by atoms with Crippen molar-refractivity contribution in [2.45, 2.75) is 55.9 Å². The molecule has 0 saturated heterocycles. The van der Waals surface area contributed by atoms with E-state index in [-0.39, 0.29) is 21.5 Å². The van der Waals surface area contributed by atoms with E-state index in [9.17, 15) is 8.42 Å². The van der Waals surface area contributed by atoms with Crippen LogP contribution in [0, 0.1) is 11.3 Å². The Bertz CT molecular complexity index is 630. The minimum Gasteiger partial charge on any atom is -0.208 e. The molecule has 4 nitrogen and oxygen atoms in total. The van der Waals surface area contributed by atoms with Crippen LogP contribution in [0.15, 0.2) is 23.1 Å². The summed E-state index contributed by atoms with van der Waals surface area (Å²) in [6, 6.07) is 6.18. The Balaban J connectivity index is 2.19. The Morgan fingerprint density at radius 3 is 2.38 bits per heavy atom. The molecule has 0 unspecified atom stereocenters. The fourth-order valence-electron chi connectivity index (χ4n) is 2.64. The Hall–Kier alpha value is -1.09. The Labute approximate surface area is 131 Å². The number of rotatable bonds is 3. The van der Waals surface area contributed by atoms with E-state index in [2.05, 4.69) is 4.72 Å². The second-order valence-electron chi connectivity index (χ2n) is 5.42. The standard InChI is InChI=1S/C15H19ClN2O2S/c16-14-9-8-12(11-17)10-15(14)21(19,20)18-13-6-4-2-1-3-5-7-13/h8-10,13,18H,1-7H2. The van der Waals surface area contributed by atoms with Crippen molar-refractivity contribution < 1.29 is 8.42 Å². The lowest BCUT2D eigenvalue weighted by Gasteiger charge is -2.21. The number of benzene rings is 1. The van der Waals surface area contributed by atoms with Gasteiger partial charge in [-0.3, -0.25) is 0 Å². The molecule has 1 fully saturated rings. The molecule has 6 heteroatoms. The van der Waals surface area contributed by atoms with Crippen molar-refractivity contribution in [1.29, 1.82) is 5.26 Å². The molecule has 0 heterocycles. The quantitative estimate of drug-likeness (QED) is 0.922. The highest BCUT2D eigenvalue weighted by atomic mass is 35.5. The third-order valence-electron chi connectivity index (χ3n) is 3.78. The van der Waals surface area contributed by atoms with Gasteiger partial charge >= 0.3 is 0 Å². The van der Waals surface area contributed by atoms with Gasteiger partial charge in [0.05, 0.1) is 16.7 Å². The smallest absolute Gasteiger partial charge is 0.208 e. The van der Waals surface area contributed by atoms with E-state index >= 15 is 0 Å². The van der Waals surface area contributed by atoms with Crippen molar-refractivity contribution >= 4 is 21.6 Å². The van der Waals surface area contributed by atoms with Crippen molar-refractivity contribution in [1.82, 2.24) is 4.72 Å². The molecule has 1 saturated carbocycles. The van der Waals surface area contributed by atoms with Crippen LogP contribution in [-0.2, 0) is 10.0 Å². The van der Waals surface area contributed by atoms with Crippen LogP contribution in [0.3, 0.4) is 0 Å². The average molecular weight is 327 g/mol. The first-order valence-electron chi connectivity index (χ1n) is 7.25. The molecule has 2 rings (SSSR count). The highest BCUT2D eigenvalue weighted by Crippen LogP contribution is 2.24. The summed E-state index contributed by atoms with van der Waals surface area (Å²) in [5.74, 6) is 0. The summed E-state index contributed by atoms with van der Waals surface area (Å²) in [7, 11) is -3.68. The minimum atomic E-state index is -3.68. The van der Waals surface area contributed by atoms with E-state index in [0.29, 0.717) is 0 Å². The number of nitriles is 1. The van der Waals surface area contributed by atoms with Crippen LogP contribution < -0.4 is 4.72 Å². The third kappa shape index (κ3) is 4.44. The number of hydrogen-bond acceptors (Lipinski definition) is 3. The first-order chi connectivity index (χ1) is 10.0. The molecule has 1 aliphatic carbocycles. The molecule has 0 aliphatic heterocycles. The molecule has 0 radical (unpaired) electrons. The van der Waals surface area contributed by atoms with Gasteiger partial charge in [-0.25, -0.2) is 13.1 Å². The topological polar surface area (TPSA) is 70.0 Å². The number of halogens is 1. The van der Waals surface area contributed by atoms with Crippen molar-refractivity contribution in [3.05, 3.63) is 28.8 Å². The zero-order valence-corrected chi connectivity index (χ0v) is 13.4. The van der Waals surface area contributed by atoms with Gasteiger partial charge < -0.3 is 0 Å². The minimum absolute atomic E-state index is 0.00900. The monoisotopic (exact) mass is 326 g/mol. The van der Waals surface area contributed by atoms with Gasteiger partial charge in [-0.15, -0.1) is 0 Å². The Morgan fingerprint density at radius 1 is 1.14 bits per heavy atom. The molecule has 1 aromatic rings. The van der Waals surface area contributed by atoms with Gasteiger partial charge in [-0.05, 0) is 31.0 Å². The molecule has 21 heavy (non-hydrogen) atoms. The lowest BCUT2D eigenvalue weighted by molar-refractivity contribution is 0.426. The molecule has 0 atom stereocenters. The van der Waals surface area contributed by atoms with Crippen molar-refractivity contribution in [2.24, 2.45) is 0 Å². The summed E-state index contributed by atoms with van der Waals surface area (Å²) >= 11 is 5.99. The van der Waals surface area contributed by atoms with E-state index < -0.39 is 10.0 Å². The Morgan fingerprint density at radius 2 is 1.76 bits per heavy atom. The molecular formula is C15H19ClN2O2S. The van der Waals surface area contributed by atoms with Crippen LogP contribution in [0.4, 0.5) is 0 Å². The van der Waals surface area contributed by atoms with Crippen LogP contribution in [-0.4, -0.2) is 14.5 Å². The number of nitrogens with zero attached hydrogens (tertiary/aromatic N) is 1. The first kappa shape index (κ1) is 16.3. The van der Waals surface area contributed by atoms with E-state index in [0.717, 1.165) is 38.5 Å². The van der Waals surface area contributed by atoms with E-state index in [1.54, 1.807) is 0 Å². The predicted molar refractivity (Wildman–Crippen MR) is 82.6 cm³/mol. The van der Waals surface area contributed by atoms with Crippen LogP contribution in [0.25, 0.3) is 0 Å². The third-order valence-corrected chi connectivity index (χ3v) is 5.78.